The van der Waals surface area contributed by atoms with Crippen molar-refractivity contribution >= 4 is 17.5 Å². The molecule has 2 amide bonds. The number of methoxy groups -OCH3 is 2. The Bertz CT molecular complexity index is 744. The minimum atomic E-state index is -0.236. The third kappa shape index (κ3) is 7.02. The predicted molar refractivity (Wildman–Crippen MR) is 107 cm³/mol. The average Bonchev–Trinajstić information content (AvgIpc) is 2.72. The first-order valence-corrected chi connectivity index (χ1v) is 9.04. The molecule has 150 valence electrons. The van der Waals surface area contributed by atoms with E-state index in [0.717, 1.165) is 6.42 Å². The monoisotopic (exact) mass is 386 g/mol. The number of ether oxygens (including phenoxy) is 3. The average molecular weight is 386 g/mol. The number of nitrogens with one attached hydrogen (secondary N) is 2. The molecule has 0 aliphatic heterocycles. The van der Waals surface area contributed by atoms with Gasteiger partial charge in [0.05, 0.1) is 6.61 Å². The fraction of sp³-hybridized carbons (Fsp3) is 0.333. The van der Waals surface area contributed by atoms with Crippen LogP contribution in [0.5, 0.6) is 5.75 Å². The van der Waals surface area contributed by atoms with E-state index in [1.807, 2.05) is 0 Å². The maximum Gasteiger partial charge on any atom is 0.255 e. The van der Waals surface area contributed by atoms with Crippen molar-refractivity contribution in [1.82, 2.24) is 5.32 Å². The molecule has 0 aliphatic rings. The maximum atomic E-state index is 12.3. The smallest absolute Gasteiger partial charge is 0.255 e. The van der Waals surface area contributed by atoms with Gasteiger partial charge in [0.1, 0.15) is 12.4 Å². The number of anilines is 1. The lowest BCUT2D eigenvalue weighted by molar-refractivity contribution is 0.0948. The summed E-state index contributed by atoms with van der Waals surface area (Å²) in [6, 6.07) is 13.6. The molecule has 28 heavy (non-hydrogen) atoms. The zero-order valence-corrected chi connectivity index (χ0v) is 16.2. The van der Waals surface area contributed by atoms with Gasteiger partial charge >= 0.3 is 0 Å². The summed E-state index contributed by atoms with van der Waals surface area (Å²) in [5.74, 6) is 0.285. The van der Waals surface area contributed by atoms with Crippen molar-refractivity contribution in [2.45, 2.75) is 6.42 Å². The van der Waals surface area contributed by atoms with Gasteiger partial charge < -0.3 is 24.8 Å². The highest BCUT2D eigenvalue weighted by Gasteiger charge is 2.08. The molecule has 0 saturated heterocycles. The van der Waals surface area contributed by atoms with Gasteiger partial charge in [-0.3, -0.25) is 9.59 Å². The van der Waals surface area contributed by atoms with Crippen LogP contribution in [0, 0.1) is 0 Å². The van der Waals surface area contributed by atoms with Crippen LogP contribution in [0.25, 0.3) is 0 Å². The molecule has 0 bridgehead atoms. The molecule has 0 heterocycles. The van der Waals surface area contributed by atoms with E-state index in [9.17, 15) is 9.59 Å². The van der Waals surface area contributed by atoms with Gasteiger partial charge in [-0.2, -0.15) is 0 Å². The lowest BCUT2D eigenvalue weighted by Gasteiger charge is -2.09. The molecule has 2 aromatic rings. The molecule has 2 N–H and O–H groups in total. The van der Waals surface area contributed by atoms with E-state index in [2.05, 4.69) is 10.6 Å². The Labute approximate surface area is 165 Å². The quantitative estimate of drug-likeness (QED) is 0.580. The van der Waals surface area contributed by atoms with Gasteiger partial charge in [0, 0.05) is 44.2 Å². The summed E-state index contributed by atoms with van der Waals surface area (Å²) in [4.78, 5) is 24.4. The van der Waals surface area contributed by atoms with Crippen molar-refractivity contribution in [3.05, 3.63) is 59.7 Å². The molecule has 0 unspecified atom stereocenters. The Balaban J connectivity index is 1.85. The molecule has 0 saturated carbocycles. The molecule has 0 fully saturated rings. The van der Waals surface area contributed by atoms with Gasteiger partial charge in [-0.05, 0) is 55.0 Å². The summed E-state index contributed by atoms with van der Waals surface area (Å²) in [6.45, 7) is 2.11. The van der Waals surface area contributed by atoms with Crippen LogP contribution in [0.1, 0.15) is 27.1 Å². The van der Waals surface area contributed by atoms with Gasteiger partial charge in [0.2, 0.25) is 0 Å². The SMILES string of the molecule is COCCCNC(=O)c1ccc(NC(=O)c2ccc(OCCOC)cc2)cc1. The van der Waals surface area contributed by atoms with Crippen molar-refractivity contribution in [2.75, 3.05) is 45.9 Å². The Morgan fingerprint density at radius 2 is 1.39 bits per heavy atom. The number of amides is 2. The van der Waals surface area contributed by atoms with E-state index in [-0.39, 0.29) is 11.8 Å². The molecule has 0 aromatic heterocycles. The number of hydrogen-bond acceptors (Lipinski definition) is 5. The number of carbonyl (C=O) groups excluding carboxylic acids is 2. The normalized spacial score (nSPS) is 10.4. The molecule has 0 radical (unpaired) electrons. The predicted octanol–water partition coefficient (Wildman–Crippen LogP) is 2.73. The van der Waals surface area contributed by atoms with Crippen molar-refractivity contribution in [3.8, 4) is 5.75 Å². The van der Waals surface area contributed by atoms with E-state index in [1.54, 1.807) is 62.8 Å². The summed E-state index contributed by atoms with van der Waals surface area (Å²) in [5.41, 5.74) is 1.66. The van der Waals surface area contributed by atoms with Gasteiger partial charge in [0.25, 0.3) is 11.8 Å². The van der Waals surface area contributed by atoms with Crippen LogP contribution in [0.4, 0.5) is 5.69 Å². The van der Waals surface area contributed by atoms with Crippen molar-refractivity contribution in [3.63, 3.8) is 0 Å². The van der Waals surface area contributed by atoms with Crippen LogP contribution in [-0.4, -0.2) is 52.4 Å². The second-order valence-corrected chi connectivity index (χ2v) is 6.00. The standard InChI is InChI=1S/C21H26N2O5/c1-26-13-3-12-22-20(24)16-4-8-18(9-5-16)23-21(25)17-6-10-19(11-7-17)28-15-14-27-2/h4-11H,3,12-15H2,1-2H3,(H,22,24)(H,23,25). The zero-order valence-electron chi connectivity index (χ0n) is 16.2. The first kappa shape index (κ1) is 21.4. The van der Waals surface area contributed by atoms with Crippen molar-refractivity contribution < 1.29 is 23.8 Å². The molecule has 7 nitrogen and oxygen atoms in total. The van der Waals surface area contributed by atoms with E-state index >= 15 is 0 Å². The Morgan fingerprint density at radius 1 is 0.786 bits per heavy atom. The van der Waals surface area contributed by atoms with Crippen LogP contribution in [0.15, 0.2) is 48.5 Å². The van der Waals surface area contributed by atoms with Gasteiger partial charge in [0.15, 0.2) is 0 Å². The third-order valence-corrected chi connectivity index (χ3v) is 3.89. The fourth-order valence-electron chi connectivity index (χ4n) is 2.37. The Morgan fingerprint density at radius 3 is 2.04 bits per heavy atom. The second-order valence-electron chi connectivity index (χ2n) is 6.00. The molecular formula is C21H26N2O5. The van der Waals surface area contributed by atoms with E-state index in [0.29, 0.717) is 48.9 Å². The topological polar surface area (TPSA) is 85.9 Å². The molecule has 2 aromatic carbocycles. The largest absolute Gasteiger partial charge is 0.491 e. The van der Waals surface area contributed by atoms with E-state index < -0.39 is 0 Å². The summed E-state index contributed by atoms with van der Waals surface area (Å²) in [7, 11) is 3.23. The number of rotatable bonds is 11. The molecular weight excluding hydrogens is 360 g/mol. The highest BCUT2D eigenvalue weighted by atomic mass is 16.5. The third-order valence-electron chi connectivity index (χ3n) is 3.89. The van der Waals surface area contributed by atoms with Gasteiger partial charge in [-0.25, -0.2) is 0 Å². The van der Waals surface area contributed by atoms with Crippen molar-refractivity contribution in [1.29, 1.82) is 0 Å². The zero-order chi connectivity index (χ0) is 20.2. The minimum Gasteiger partial charge on any atom is -0.491 e. The Kier molecular flexibility index (Phi) is 8.97. The highest BCUT2D eigenvalue weighted by molar-refractivity contribution is 6.04. The molecule has 0 atom stereocenters. The summed E-state index contributed by atoms with van der Waals surface area (Å²) in [5, 5.41) is 5.63. The summed E-state index contributed by atoms with van der Waals surface area (Å²) >= 11 is 0. The molecule has 0 aliphatic carbocycles. The lowest BCUT2D eigenvalue weighted by Crippen LogP contribution is -2.25. The fourth-order valence-corrected chi connectivity index (χ4v) is 2.37. The Hall–Kier alpha value is -2.90. The van der Waals surface area contributed by atoms with E-state index in [1.165, 1.54) is 0 Å². The van der Waals surface area contributed by atoms with Gasteiger partial charge in [-0.15, -0.1) is 0 Å². The number of hydrogen-bond donors (Lipinski definition) is 2. The number of benzene rings is 2. The van der Waals surface area contributed by atoms with Crippen molar-refractivity contribution in [2.24, 2.45) is 0 Å². The molecule has 7 heteroatoms. The summed E-state index contributed by atoms with van der Waals surface area (Å²) in [6.07, 6.45) is 0.757. The highest BCUT2D eigenvalue weighted by Crippen LogP contribution is 2.15. The molecule has 0 spiro atoms. The van der Waals surface area contributed by atoms with Crippen LogP contribution < -0.4 is 15.4 Å². The maximum absolute atomic E-state index is 12.3. The van der Waals surface area contributed by atoms with Crippen LogP contribution >= 0.6 is 0 Å². The lowest BCUT2D eigenvalue weighted by atomic mass is 10.1. The first-order valence-electron chi connectivity index (χ1n) is 9.04. The van der Waals surface area contributed by atoms with Crippen LogP contribution in [0.3, 0.4) is 0 Å². The van der Waals surface area contributed by atoms with Crippen LogP contribution in [0.2, 0.25) is 0 Å². The van der Waals surface area contributed by atoms with Crippen LogP contribution in [-0.2, 0) is 9.47 Å². The number of carbonyl (C=O) groups is 2. The summed E-state index contributed by atoms with van der Waals surface area (Å²) < 4.78 is 15.3. The second kappa shape index (κ2) is 11.7. The first-order chi connectivity index (χ1) is 13.6. The van der Waals surface area contributed by atoms with Gasteiger partial charge in [-0.1, -0.05) is 0 Å². The minimum absolute atomic E-state index is 0.155. The van der Waals surface area contributed by atoms with E-state index in [4.69, 9.17) is 14.2 Å². The molecule has 2 rings (SSSR count).